The Bertz CT molecular complexity index is 604. The summed E-state index contributed by atoms with van der Waals surface area (Å²) in [7, 11) is 0. The number of nitrogens with zero attached hydrogens (tertiary/aromatic N) is 4. The lowest BCUT2D eigenvalue weighted by Crippen LogP contribution is -2.36. The summed E-state index contributed by atoms with van der Waals surface area (Å²) in [6.07, 6.45) is 10.9. The van der Waals surface area contributed by atoms with Gasteiger partial charge in [0.05, 0.1) is 5.54 Å². The Balaban J connectivity index is 1.71. The zero-order valence-corrected chi connectivity index (χ0v) is 12.5. The summed E-state index contributed by atoms with van der Waals surface area (Å²) in [5, 5.41) is 14.5. The van der Waals surface area contributed by atoms with Gasteiger partial charge in [0, 0.05) is 5.92 Å². The zero-order chi connectivity index (χ0) is 13.6. The zero-order valence-electron chi connectivity index (χ0n) is 11.7. The molecule has 0 atom stereocenters. The van der Waals surface area contributed by atoms with E-state index in [1.54, 1.807) is 11.3 Å². The molecular weight excluding hydrogens is 270 g/mol. The summed E-state index contributed by atoms with van der Waals surface area (Å²) < 4.78 is 1.96. The molecule has 0 unspecified atom stereocenters. The molecule has 0 saturated heterocycles. The second-order valence-corrected chi connectivity index (χ2v) is 7.31. The van der Waals surface area contributed by atoms with Crippen molar-refractivity contribution in [3.05, 3.63) is 10.8 Å². The van der Waals surface area contributed by atoms with Gasteiger partial charge in [-0.3, -0.25) is 0 Å². The van der Waals surface area contributed by atoms with E-state index in [-0.39, 0.29) is 5.54 Å². The number of hydrogen-bond acceptors (Lipinski definition) is 5. The molecule has 0 aromatic carbocycles. The Morgan fingerprint density at radius 2 is 1.80 bits per heavy atom. The largest absolute Gasteiger partial charge is 0.319 e. The van der Waals surface area contributed by atoms with Crippen molar-refractivity contribution in [1.82, 2.24) is 19.8 Å². The van der Waals surface area contributed by atoms with Crippen LogP contribution in [0.15, 0.2) is 0 Å². The molecule has 2 aromatic heterocycles. The minimum atomic E-state index is -0.237. The predicted molar refractivity (Wildman–Crippen MR) is 78.8 cm³/mol. The first-order valence-corrected chi connectivity index (χ1v) is 8.59. The molecule has 2 aromatic rings. The summed E-state index contributed by atoms with van der Waals surface area (Å²) >= 11 is 1.64. The molecule has 6 heteroatoms. The molecule has 2 saturated carbocycles. The van der Waals surface area contributed by atoms with Crippen LogP contribution in [0.3, 0.4) is 0 Å². The average Bonchev–Trinajstić information content (AvgIpc) is 2.87. The molecule has 5 nitrogen and oxygen atoms in total. The molecule has 0 amide bonds. The van der Waals surface area contributed by atoms with Gasteiger partial charge >= 0.3 is 0 Å². The van der Waals surface area contributed by atoms with E-state index >= 15 is 0 Å². The third kappa shape index (κ3) is 1.97. The molecule has 0 bridgehead atoms. The van der Waals surface area contributed by atoms with Crippen molar-refractivity contribution in [2.75, 3.05) is 0 Å². The van der Waals surface area contributed by atoms with Crippen LogP contribution >= 0.6 is 11.3 Å². The number of nitrogens with two attached hydrogens (primary N) is 1. The van der Waals surface area contributed by atoms with Crippen molar-refractivity contribution in [2.24, 2.45) is 5.73 Å². The van der Waals surface area contributed by atoms with Gasteiger partial charge in [0.2, 0.25) is 4.96 Å². The molecular formula is C14H21N5S. The Morgan fingerprint density at radius 3 is 2.45 bits per heavy atom. The Labute approximate surface area is 122 Å². The van der Waals surface area contributed by atoms with E-state index in [0.717, 1.165) is 28.6 Å². The Kier molecular flexibility index (Phi) is 3.03. The number of fused-ring (bicyclic) bond motifs is 1. The highest BCUT2D eigenvalue weighted by molar-refractivity contribution is 7.16. The van der Waals surface area contributed by atoms with E-state index in [9.17, 15) is 0 Å². The molecule has 20 heavy (non-hydrogen) atoms. The van der Waals surface area contributed by atoms with Gasteiger partial charge in [-0.2, -0.15) is 9.61 Å². The first-order valence-electron chi connectivity index (χ1n) is 7.78. The van der Waals surface area contributed by atoms with Gasteiger partial charge < -0.3 is 5.73 Å². The molecule has 0 radical (unpaired) electrons. The van der Waals surface area contributed by atoms with Crippen molar-refractivity contribution >= 4 is 16.3 Å². The molecule has 2 aliphatic carbocycles. The van der Waals surface area contributed by atoms with Crippen LogP contribution in [0.1, 0.15) is 74.5 Å². The van der Waals surface area contributed by atoms with Crippen LogP contribution in [0, 0.1) is 0 Å². The normalized spacial score (nSPS) is 23.6. The third-order valence-electron chi connectivity index (χ3n) is 4.91. The van der Waals surface area contributed by atoms with Gasteiger partial charge in [-0.25, -0.2) is 0 Å². The standard InChI is InChI=1S/C14H21N5S/c15-14(8-3-1-2-4-9-14)12-18-19-11(10-6-5-7-10)16-17-13(19)20-12/h10H,1-9,15H2. The van der Waals surface area contributed by atoms with Crippen LogP contribution in [-0.2, 0) is 5.54 Å². The van der Waals surface area contributed by atoms with Gasteiger partial charge in [0.15, 0.2) is 5.82 Å². The first-order chi connectivity index (χ1) is 9.76. The maximum atomic E-state index is 6.66. The van der Waals surface area contributed by atoms with Crippen molar-refractivity contribution in [2.45, 2.75) is 69.2 Å². The van der Waals surface area contributed by atoms with Gasteiger partial charge in [-0.1, -0.05) is 43.4 Å². The van der Waals surface area contributed by atoms with Crippen molar-refractivity contribution in [1.29, 1.82) is 0 Å². The fourth-order valence-corrected chi connectivity index (χ4v) is 4.33. The highest BCUT2D eigenvalue weighted by Gasteiger charge is 2.34. The average molecular weight is 291 g/mol. The summed E-state index contributed by atoms with van der Waals surface area (Å²) in [5.41, 5.74) is 6.43. The maximum absolute atomic E-state index is 6.66. The van der Waals surface area contributed by atoms with Crippen LogP contribution in [0.5, 0.6) is 0 Å². The van der Waals surface area contributed by atoms with Gasteiger partial charge in [0.1, 0.15) is 5.01 Å². The monoisotopic (exact) mass is 291 g/mol. The highest BCUT2D eigenvalue weighted by Crippen LogP contribution is 2.38. The van der Waals surface area contributed by atoms with Crippen LogP contribution in [0.25, 0.3) is 4.96 Å². The van der Waals surface area contributed by atoms with Gasteiger partial charge in [0.25, 0.3) is 0 Å². The van der Waals surface area contributed by atoms with E-state index in [4.69, 9.17) is 10.8 Å². The smallest absolute Gasteiger partial charge is 0.234 e. The van der Waals surface area contributed by atoms with Gasteiger partial charge in [-0.15, -0.1) is 10.2 Å². The van der Waals surface area contributed by atoms with Crippen LogP contribution in [0.4, 0.5) is 0 Å². The van der Waals surface area contributed by atoms with E-state index < -0.39 is 0 Å². The molecule has 108 valence electrons. The van der Waals surface area contributed by atoms with Crippen molar-refractivity contribution in [3.63, 3.8) is 0 Å². The molecule has 2 aliphatic rings. The van der Waals surface area contributed by atoms with Gasteiger partial charge in [-0.05, 0) is 25.7 Å². The minimum absolute atomic E-state index is 0.237. The lowest BCUT2D eigenvalue weighted by Gasteiger charge is -2.25. The minimum Gasteiger partial charge on any atom is -0.319 e. The second-order valence-electron chi connectivity index (χ2n) is 6.36. The summed E-state index contributed by atoms with van der Waals surface area (Å²) in [5.74, 6) is 1.61. The second kappa shape index (κ2) is 4.77. The van der Waals surface area contributed by atoms with E-state index in [0.29, 0.717) is 5.92 Å². The Morgan fingerprint density at radius 1 is 1.05 bits per heavy atom. The lowest BCUT2D eigenvalue weighted by molar-refractivity contribution is 0.373. The van der Waals surface area contributed by atoms with E-state index in [1.807, 2.05) is 4.52 Å². The molecule has 2 heterocycles. The fourth-order valence-electron chi connectivity index (χ4n) is 3.33. The molecule has 2 N–H and O–H groups in total. The van der Waals surface area contributed by atoms with Crippen LogP contribution in [-0.4, -0.2) is 19.8 Å². The molecule has 0 spiro atoms. The summed E-state index contributed by atoms with van der Waals surface area (Å²) in [6.45, 7) is 0. The number of rotatable bonds is 2. The number of hydrogen-bond donors (Lipinski definition) is 1. The number of aromatic nitrogens is 4. The van der Waals surface area contributed by atoms with Crippen LogP contribution < -0.4 is 5.73 Å². The highest BCUT2D eigenvalue weighted by atomic mass is 32.1. The summed E-state index contributed by atoms with van der Waals surface area (Å²) in [4.78, 5) is 0.913. The van der Waals surface area contributed by atoms with E-state index in [1.165, 1.54) is 44.9 Å². The van der Waals surface area contributed by atoms with Crippen molar-refractivity contribution in [3.8, 4) is 0 Å². The first kappa shape index (κ1) is 12.7. The summed E-state index contributed by atoms with van der Waals surface area (Å²) in [6, 6.07) is 0. The van der Waals surface area contributed by atoms with Crippen molar-refractivity contribution < 1.29 is 0 Å². The SMILES string of the molecule is NC1(c2nn3c(C4CCC4)nnc3s2)CCCCCC1. The predicted octanol–water partition coefficient (Wildman–Crippen LogP) is 2.96. The quantitative estimate of drug-likeness (QED) is 0.864. The topological polar surface area (TPSA) is 69.1 Å². The third-order valence-corrected chi connectivity index (χ3v) is 6.03. The Hall–Kier alpha value is -1.01. The molecule has 2 fully saturated rings. The van der Waals surface area contributed by atoms with E-state index in [2.05, 4.69) is 10.2 Å². The molecule has 4 rings (SSSR count). The maximum Gasteiger partial charge on any atom is 0.234 e. The lowest BCUT2D eigenvalue weighted by atomic mass is 9.85. The van der Waals surface area contributed by atoms with Crippen LogP contribution in [0.2, 0.25) is 0 Å². The molecule has 0 aliphatic heterocycles. The fraction of sp³-hybridized carbons (Fsp3) is 0.786.